The van der Waals surface area contributed by atoms with Crippen molar-refractivity contribution in [2.45, 2.75) is 24.9 Å². The Morgan fingerprint density at radius 2 is 1.42 bits per heavy atom. The van der Waals surface area contributed by atoms with E-state index in [1.165, 1.54) is 22.3 Å². The normalized spacial score (nSPS) is 19.8. The van der Waals surface area contributed by atoms with Crippen LogP contribution in [0.4, 0.5) is 0 Å². The third-order valence-electron chi connectivity index (χ3n) is 4.95. The summed E-state index contributed by atoms with van der Waals surface area (Å²) in [5.74, 6) is 0.383. The van der Waals surface area contributed by atoms with Crippen molar-refractivity contribution in [2.24, 2.45) is 0 Å². The Labute approximate surface area is 151 Å². The molecule has 2 atom stereocenters. The van der Waals surface area contributed by atoms with Gasteiger partial charge in [0.15, 0.2) is 0 Å². The van der Waals surface area contributed by atoms with Crippen LogP contribution in [0.15, 0.2) is 77.3 Å². The summed E-state index contributed by atoms with van der Waals surface area (Å²) in [5, 5.41) is 10.4. The lowest BCUT2D eigenvalue weighted by molar-refractivity contribution is 0.147. The third-order valence-corrected chi connectivity index (χ3v) is 5.48. The van der Waals surface area contributed by atoms with Gasteiger partial charge in [0.25, 0.3) is 0 Å². The number of benzene rings is 3. The van der Waals surface area contributed by atoms with Gasteiger partial charge in [-0.25, -0.2) is 0 Å². The molecule has 1 aliphatic rings. The van der Waals surface area contributed by atoms with Crippen LogP contribution < -0.4 is 0 Å². The average molecular weight is 379 g/mol. The molecule has 0 aliphatic heterocycles. The highest BCUT2D eigenvalue weighted by Gasteiger charge is 2.26. The van der Waals surface area contributed by atoms with Crippen molar-refractivity contribution in [3.05, 3.63) is 94.0 Å². The van der Waals surface area contributed by atoms with Crippen LogP contribution in [0.25, 0.3) is 11.1 Å². The maximum Gasteiger partial charge on any atom is 0.0798 e. The zero-order valence-corrected chi connectivity index (χ0v) is 14.9. The Bertz CT molecular complexity index is 837. The maximum absolute atomic E-state index is 10.4. The molecule has 4 rings (SSSR count). The second-order valence-corrected chi connectivity index (χ2v) is 7.40. The standard InChI is InChI=1S/C22H19BrO/c23-20-11-9-16(10-12-20)15-5-7-17(8-6-15)19-13-18-3-1-2-4-21(18)22(24)14-19/h1-12,19,22,24H,13-14H2/t19-,22+/m1/s1. The molecule has 1 nitrogen and oxygen atoms in total. The summed E-state index contributed by atoms with van der Waals surface area (Å²) in [5.41, 5.74) is 6.13. The fraction of sp³-hybridized carbons (Fsp3) is 0.182. The maximum atomic E-state index is 10.4. The van der Waals surface area contributed by atoms with Crippen molar-refractivity contribution in [1.29, 1.82) is 0 Å². The molecular weight excluding hydrogens is 360 g/mol. The Hall–Kier alpha value is -1.90. The van der Waals surface area contributed by atoms with E-state index in [0.29, 0.717) is 5.92 Å². The molecule has 3 aromatic carbocycles. The predicted molar refractivity (Wildman–Crippen MR) is 102 cm³/mol. The van der Waals surface area contributed by atoms with E-state index in [4.69, 9.17) is 0 Å². The number of aliphatic hydroxyl groups excluding tert-OH is 1. The van der Waals surface area contributed by atoms with Crippen LogP contribution in [-0.2, 0) is 6.42 Å². The van der Waals surface area contributed by atoms with Crippen molar-refractivity contribution < 1.29 is 5.11 Å². The highest BCUT2D eigenvalue weighted by molar-refractivity contribution is 9.10. The molecule has 0 radical (unpaired) electrons. The molecule has 1 aliphatic carbocycles. The number of hydrogen-bond donors (Lipinski definition) is 1. The summed E-state index contributed by atoms with van der Waals surface area (Å²) in [6.07, 6.45) is 1.45. The van der Waals surface area contributed by atoms with Gasteiger partial charge in [0, 0.05) is 4.47 Å². The quantitative estimate of drug-likeness (QED) is 0.590. The van der Waals surface area contributed by atoms with Gasteiger partial charge in [0.1, 0.15) is 0 Å². The minimum atomic E-state index is -0.355. The van der Waals surface area contributed by atoms with E-state index in [0.717, 1.165) is 22.9 Å². The summed E-state index contributed by atoms with van der Waals surface area (Å²) in [7, 11) is 0. The van der Waals surface area contributed by atoms with Crippen molar-refractivity contribution in [3.8, 4) is 11.1 Å². The average Bonchev–Trinajstić information content (AvgIpc) is 2.62. The molecule has 3 aromatic rings. The molecule has 0 saturated carbocycles. The number of aliphatic hydroxyl groups is 1. The lowest BCUT2D eigenvalue weighted by Gasteiger charge is -2.29. The van der Waals surface area contributed by atoms with E-state index in [2.05, 4.69) is 76.6 Å². The highest BCUT2D eigenvalue weighted by Crippen LogP contribution is 2.38. The zero-order chi connectivity index (χ0) is 16.5. The Morgan fingerprint density at radius 1 is 0.792 bits per heavy atom. The molecule has 0 saturated heterocycles. The molecule has 0 unspecified atom stereocenters. The molecular formula is C22H19BrO. The first-order chi connectivity index (χ1) is 11.7. The molecule has 2 heteroatoms. The Balaban J connectivity index is 1.59. The highest BCUT2D eigenvalue weighted by atomic mass is 79.9. The van der Waals surface area contributed by atoms with Gasteiger partial charge in [0.2, 0.25) is 0 Å². The monoisotopic (exact) mass is 378 g/mol. The first kappa shape index (κ1) is 15.6. The minimum absolute atomic E-state index is 0.355. The molecule has 0 fully saturated rings. The zero-order valence-electron chi connectivity index (χ0n) is 13.3. The van der Waals surface area contributed by atoms with Crippen molar-refractivity contribution in [1.82, 2.24) is 0 Å². The third kappa shape index (κ3) is 3.04. The molecule has 0 amide bonds. The van der Waals surface area contributed by atoms with Gasteiger partial charge in [-0.3, -0.25) is 0 Å². The van der Waals surface area contributed by atoms with Crippen LogP contribution in [0, 0.1) is 0 Å². The lowest BCUT2D eigenvalue weighted by Crippen LogP contribution is -2.17. The summed E-state index contributed by atoms with van der Waals surface area (Å²) in [4.78, 5) is 0. The lowest BCUT2D eigenvalue weighted by atomic mass is 9.78. The number of rotatable bonds is 2. The van der Waals surface area contributed by atoms with Crippen molar-refractivity contribution in [2.75, 3.05) is 0 Å². The van der Waals surface area contributed by atoms with Crippen molar-refractivity contribution in [3.63, 3.8) is 0 Å². The van der Waals surface area contributed by atoms with Gasteiger partial charge in [0.05, 0.1) is 6.10 Å². The summed E-state index contributed by atoms with van der Waals surface area (Å²) < 4.78 is 1.10. The summed E-state index contributed by atoms with van der Waals surface area (Å²) in [6.45, 7) is 0. The molecule has 0 bridgehead atoms. The fourth-order valence-electron chi connectivity index (χ4n) is 3.63. The molecule has 120 valence electrons. The van der Waals surface area contributed by atoms with E-state index in [1.807, 2.05) is 12.1 Å². The first-order valence-electron chi connectivity index (χ1n) is 8.32. The second kappa shape index (κ2) is 6.54. The van der Waals surface area contributed by atoms with E-state index in [1.54, 1.807) is 0 Å². The molecule has 0 spiro atoms. The van der Waals surface area contributed by atoms with E-state index < -0.39 is 0 Å². The van der Waals surface area contributed by atoms with Crippen LogP contribution in [0.2, 0.25) is 0 Å². The number of fused-ring (bicyclic) bond motifs is 1. The van der Waals surface area contributed by atoms with E-state index in [9.17, 15) is 5.11 Å². The van der Waals surface area contributed by atoms with E-state index >= 15 is 0 Å². The first-order valence-corrected chi connectivity index (χ1v) is 9.12. The molecule has 0 aromatic heterocycles. The number of hydrogen-bond acceptors (Lipinski definition) is 1. The Morgan fingerprint density at radius 3 is 2.12 bits per heavy atom. The smallest absolute Gasteiger partial charge is 0.0798 e. The van der Waals surface area contributed by atoms with Gasteiger partial charge < -0.3 is 5.11 Å². The molecule has 24 heavy (non-hydrogen) atoms. The van der Waals surface area contributed by atoms with Crippen molar-refractivity contribution >= 4 is 15.9 Å². The SMILES string of the molecule is O[C@H]1C[C@H](c2ccc(-c3ccc(Br)cc3)cc2)Cc2ccccc21. The van der Waals surface area contributed by atoms with Crippen LogP contribution in [0.3, 0.4) is 0 Å². The predicted octanol–water partition coefficient (Wildman–Crippen LogP) is 5.88. The van der Waals surface area contributed by atoms with Crippen LogP contribution in [0.1, 0.15) is 35.1 Å². The largest absolute Gasteiger partial charge is 0.388 e. The van der Waals surface area contributed by atoms with Crippen LogP contribution in [-0.4, -0.2) is 5.11 Å². The summed E-state index contributed by atoms with van der Waals surface area (Å²) in [6, 6.07) is 25.4. The fourth-order valence-corrected chi connectivity index (χ4v) is 3.90. The Kier molecular flexibility index (Phi) is 4.26. The van der Waals surface area contributed by atoms with Crippen LogP contribution >= 0.6 is 15.9 Å². The van der Waals surface area contributed by atoms with E-state index in [-0.39, 0.29) is 6.10 Å². The van der Waals surface area contributed by atoms with Gasteiger partial charge in [-0.1, -0.05) is 76.6 Å². The molecule has 0 heterocycles. The van der Waals surface area contributed by atoms with Gasteiger partial charge in [-0.15, -0.1) is 0 Å². The van der Waals surface area contributed by atoms with Gasteiger partial charge in [-0.2, -0.15) is 0 Å². The minimum Gasteiger partial charge on any atom is -0.388 e. The molecule has 1 N–H and O–H groups in total. The van der Waals surface area contributed by atoms with Gasteiger partial charge in [-0.05, 0) is 58.7 Å². The second-order valence-electron chi connectivity index (χ2n) is 6.48. The summed E-state index contributed by atoms with van der Waals surface area (Å²) >= 11 is 3.48. The van der Waals surface area contributed by atoms with Crippen LogP contribution in [0.5, 0.6) is 0 Å². The van der Waals surface area contributed by atoms with Gasteiger partial charge >= 0.3 is 0 Å². The topological polar surface area (TPSA) is 20.2 Å². The number of halogens is 1.